The van der Waals surface area contributed by atoms with Gasteiger partial charge in [0.15, 0.2) is 0 Å². The second-order valence-electron chi connectivity index (χ2n) is 3.41. The summed E-state index contributed by atoms with van der Waals surface area (Å²) in [7, 11) is 0. The highest BCUT2D eigenvalue weighted by Crippen LogP contribution is 2.13. The van der Waals surface area contributed by atoms with E-state index in [0.717, 1.165) is 0 Å². The number of rotatable bonds is 6. The molecule has 1 rings (SSSR count). The minimum atomic E-state index is -0.413. The first-order valence-corrected chi connectivity index (χ1v) is 5.35. The van der Waals surface area contributed by atoms with Gasteiger partial charge in [-0.15, -0.1) is 0 Å². The van der Waals surface area contributed by atoms with Crippen molar-refractivity contribution in [2.75, 3.05) is 25.0 Å². The highest BCUT2D eigenvalue weighted by atomic mass is 35.5. The lowest BCUT2D eigenvalue weighted by atomic mass is 10.4. The van der Waals surface area contributed by atoms with Crippen molar-refractivity contribution in [3.8, 4) is 0 Å². The molecule has 1 atom stereocenters. The molecule has 90 valence electrons. The molecule has 0 saturated heterocycles. The van der Waals surface area contributed by atoms with Gasteiger partial charge in [-0.3, -0.25) is 4.79 Å². The topological polar surface area (TPSA) is 90.0 Å². The van der Waals surface area contributed by atoms with Crippen molar-refractivity contribution in [3.05, 3.63) is 21.6 Å². The van der Waals surface area contributed by atoms with Crippen LogP contribution in [0, 0.1) is 0 Å². The van der Waals surface area contributed by atoms with Gasteiger partial charge in [0.2, 0.25) is 0 Å². The Labute approximate surface area is 98.0 Å². The predicted molar refractivity (Wildman–Crippen MR) is 62.9 cm³/mol. The Morgan fingerprint density at radius 1 is 1.62 bits per heavy atom. The Morgan fingerprint density at radius 3 is 3.06 bits per heavy atom. The van der Waals surface area contributed by atoms with Crippen LogP contribution in [0.25, 0.3) is 0 Å². The molecular weight excluding hydrogens is 232 g/mol. The van der Waals surface area contributed by atoms with E-state index in [4.69, 9.17) is 16.7 Å². The molecular formula is C9H15ClN4O2. The molecule has 0 aliphatic carbocycles. The van der Waals surface area contributed by atoms with Crippen LogP contribution in [-0.4, -0.2) is 41.0 Å². The van der Waals surface area contributed by atoms with Crippen LogP contribution in [0.15, 0.2) is 11.0 Å². The zero-order chi connectivity index (χ0) is 12.0. The van der Waals surface area contributed by atoms with Gasteiger partial charge in [0.25, 0.3) is 5.56 Å². The standard InChI is InChI=1S/C9H15ClN4O2/c1-6(15)4-11-2-3-12-7-5-13-14-9(16)8(7)10/h5-6,11,15H,2-4H2,1H3,(H2,12,14,16). The summed E-state index contributed by atoms with van der Waals surface area (Å²) in [5.41, 5.74) is 0.0906. The van der Waals surface area contributed by atoms with Crippen LogP contribution < -0.4 is 16.2 Å². The Kier molecular flexibility index (Phi) is 5.24. The molecule has 0 spiro atoms. The number of hydrogen-bond donors (Lipinski definition) is 4. The summed E-state index contributed by atoms with van der Waals surface area (Å²) in [6.07, 6.45) is 1.09. The molecule has 0 amide bonds. The number of anilines is 1. The van der Waals surface area contributed by atoms with Crippen LogP contribution in [0.3, 0.4) is 0 Å². The molecule has 1 aromatic heterocycles. The molecule has 0 saturated carbocycles. The monoisotopic (exact) mass is 246 g/mol. The SMILES string of the molecule is CC(O)CNCCNc1cn[nH]c(=O)c1Cl. The molecule has 1 aromatic rings. The number of aliphatic hydroxyl groups is 1. The molecule has 1 heterocycles. The molecule has 6 nitrogen and oxygen atoms in total. The molecule has 0 aliphatic heterocycles. The summed E-state index contributed by atoms with van der Waals surface area (Å²) in [6, 6.07) is 0. The van der Waals surface area contributed by atoms with Crippen LogP contribution >= 0.6 is 11.6 Å². The van der Waals surface area contributed by atoms with Gasteiger partial charge in [-0.2, -0.15) is 5.10 Å². The third-order valence-corrected chi connectivity index (χ3v) is 2.23. The molecule has 0 fully saturated rings. The summed E-state index contributed by atoms with van der Waals surface area (Å²) in [5.74, 6) is 0. The Bertz CT molecular complexity index is 380. The summed E-state index contributed by atoms with van der Waals surface area (Å²) in [4.78, 5) is 11.1. The first kappa shape index (κ1) is 13.0. The number of aliphatic hydroxyl groups excluding tert-OH is 1. The smallest absolute Gasteiger partial charge is 0.285 e. The quantitative estimate of drug-likeness (QED) is 0.522. The largest absolute Gasteiger partial charge is 0.392 e. The van der Waals surface area contributed by atoms with E-state index in [1.54, 1.807) is 6.92 Å². The van der Waals surface area contributed by atoms with Gasteiger partial charge in [0.1, 0.15) is 5.02 Å². The molecule has 1 unspecified atom stereocenters. The van der Waals surface area contributed by atoms with E-state index in [1.807, 2.05) is 0 Å². The summed E-state index contributed by atoms with van der Waals surface area (Å²) >= 11 is 5.75. The molecule has 0 aromatic carbocycles. The average molecular weight is 247 g/mol. The molecule has 16 heavy (non-hydrogen) atoms. The van der Waals surface area contributed by atoms with Gasteiger partial charge in [-0.05, 0) is 6.92 Å². The van der Waals surface area contributed by atoms with E-state index in [2.05, 4.69) is 20.8 Å². The molecule has 0 aliphatic rings. The van der Waals surface area contributed by atoms with Gasteiger partial charge in [0, 0.05) is 19.6 Å². The molecule has 7 heteroatoms. The summed E-state index contributed by atoms with van der Waals surface area (Å²) in [6.45, 7) is 3.49. The number of H-pyrrole nitrogens is 1. The van der Waals surface area contributed by atoms with Crippen molar-refractivity contribution in [3.63, 3.8) is 0 Å². The van der Waals surface area contributed by atoms with E-state index in [1.165, 1.54) is 6.20 Å². The Balaban J connectivity index is 2.32. The van der Waals surface area contributed by atoms with Crippen LogP contribution in [0.1, 0.15) is 6.92 Å². The summed E-state index contributed by atoms with van der Waals surface area (Å²) < 4.78 is 0. The number of aromatic amines is 1. The van der Waals surface area contributed by atoms with E-state index in [0.29, 0.717) is 25.3 Å². The zero-order valence-corrected chi connectivity index (χ0v) is 9.71. The molecule has 4 N–H and O–H groups in total. The number of hydrogen-bond acceptors (Lipinski definition) is 5. The second kappa shape index (κ2) is 6.47. The summed E-state index contributed by atoms with van der Waals surface area (Å²) in [5, 5.41) is 20.9. The Hall–Kier alpha value is -1.11. The number of aromatic nitrogens is 2. The maximum absolute atomic E-state index is 11.1. The highest BCUT2D eigenvalue weighted by molar-refractivity contribution is 6.32. The van der Waals surface area contributed by atoms with Crippen molar-refractivity contribution in [2.45, 2.75) is 13.0 Å². The van der Waals surface area contributed by atoms with Crippen LogP contribution in [0.2, 0.25) is 5.02 Å². The van der Waals surface area contributed by atoms with Gasteiger partial charge >= 0.3 is 0 Å². The van der Waals surface area contributed by atoms with Crippen molar-refractivity contribution in [1.82, 2.24) is 15.5 Å². The van der Waals surface area contributed by atoms with Crippen molar-refractivity contribution in [1.29, 1.82) is 0 Å². The van der Waals surface area contributed by atoms with Crippen molar-refractivity contribution < 1.29 is 5.11 Å². The van der Waals surface area contributed by atoms with Crippen LogP contribution in [0.4, 0.5) is 5.69 Å². The van der Waals surface area contributed by atoms with Gasteiger partial charge in [0.05, 0.1) is 18.0 Å². The fourth-order valence-electron chi connectivity index (χ4n) is 1.10. The third kappa shape index (κ3) is 4.18. The fraction of sp³-hybridized carbons (Fsp3) is 0.556. The lowest BCUT2D eigenvalue weighted by molar-refractivity contribution is 0.192. The molecule has 0 radical (unpaired) electrons. The molecule has 0 bridgehead atoms. The minimum Gasteiger partial charge on any atom is -0.392 e. The zero-order valence-electron chi connectivity index (χ0n) is 8.96. The van der Waals surface area contributed by atoms with Gasteiger partial charge in [-0.25, -0.2) is 5.10 Å². The van der Waals surface area contributed by atoms with E-state index < -0.39 is 5.56 Å². The lowest BCUT2D eigenvalue weighted by Gasteiger charge is -2.09. The third-order valence-electron chi connectivity index (χ3n) is 1.85. The van der Waals surface area contributed by atoms with Gasteiger partial charge < -0.3 is 15.7 Å². The maximum atomic E-state index is 11.1. The highest BCUT2D eigenvalue weighted by Gasteiger charge is 2.03. The number of halogens is 1. The van der Waals surface area contributed by atoms with E-state index in [9.17, 15) is 4.79 Å². The minimum absolute atomic E-state index is 0.102. The van der Waals surface area contributed by atoms with Crippen LogP contribution in [0.5, 0.6) is 0 Å². The van der Waals surface area contributed by atoms with Gasteiger partial charge in [-0.1, -0.05) is 11.6 Å². The normalized spacial score (nSPS) is 12.4. The maximum Gasteiger partial charge on any atom is 0.285 e. The van der Waals surface area contributed by atoms with Crippen molar-refractivity contribution in [2.24, 2.45) is 0 Å². The number of nitrogens with zero attached hydrogens (tertiary/aromatic N) is 1. The Morgan fingerprint density at radius 2 is 2.38 bits per heavy atom. The average Bonchev–Trinajstić information content (AvgIpc) is 2.23. The fourth-order valence-corrected chi connectivity index (χ4v) is 1.26. The predicted octanol–water partition coefficient (Wildman–Crippen LogP) is -0.194. The number of nitrogens with one attached hydrogen (secondary N) is 3. The van der Waals surface area contributed by atoms with Crippen LogP contribution in [-0.2, 0) is 0 Å². The van der Waals surface area contributed by atoms with E-state index >= 15 is 0 Å². The second-order valence-corrected chi connectivity index (χ2v) is 3.78. The first-order valence-electron chi connectivity index (χ1n) is 4.97. The van der Waals surface area contributed by atoms with E-state index in [-0.39, 0.29) is 11.1 Å². The first-order chi connectivity index (χ1) is 7.61. The lowest BCUT2D eigenvalue weighted by Crippen LogP contribution is -2.29. The van der Waals surface area contributed by atoms with Crippen molar-refractivity contribution >= 4 is 17.3 Å².